The molecular weight excluding hydrogens is 440 g/mol. The summed E-state index contributed by atoms with van der Waals surface area (Å²) in [6.45, 7) is 11.4. The normalized spacial score (nSPS) is 11.5. The van der Waals surface area contributed by atoms with Crippen LogP contribution in [0.1, 0.15) is 129 Å². The lowest BCUT2D eigenvalue weighted by molar-refractivity contribution is -0.0114. The van der Waals surface area contributed by atoms with Gasteiger partial charge in [0.1, 0.15) is 0 Å². The van der Waals surface area contributed by atoms with Crippen molar-refractivity contribution in [2.24, 2.45) is 0 Å². The molecule has 0 unspecified atom stereocenters. The molecule has 0 aromatic heterocycles. The molecule has 0 bridgehead atoms. The Hall–Kier alpha value is -0.200. The summed E-state index contributed by atoms with van der Waals surface area (Å²) >= 11 is 0. The van der Waals surface area contributed by atoms with Crippen LogP contribution in [0.5, 0.6) is 0 Å². The lowest BCUT2D eigenvalue weighted by atomic mass is 10.1. The molecule has 0 fully saturated rings. The third kappa shape index (κ3) is 33.8. The van der Waals surface area contributed by atoms with Gasteiger partial charge in [0.15, 0.2) is 0 Å². The van der Waals surface area contributed by atoms with Crippen molar-refractivity contribution in [3.05, 3.63) is 0 Å². The Morgan fingerprint density at radius 2 is 0.429 bits per heavy atom. The van der Waals surface area contributed by atoms with Gasteiger partial charge in [-0.15, -0.1) is 0 Å². The van der Waals surface area contributed by atoms with Crippen molar-refractivity contribution in [1.29, 1.82) is 0 Å². The summed E-state index contributed by atoms with van der Waals surface area (Å²) < 4.78 is 27.9. The highest BCUT2D eigenvalue weighted by molar-refractivity contribution is 4.48. The average Bonchev–Trinajstić information content (AvgIpc) is 2.87. The Labute approximate surface area is 219 Å². The van der Waals surface area contributed by atoms with Gasteiger partial charge in [-0.3, -0.25) is 0 Å². The maximum absolute atomic E-state index is 5.65. The Balaban J connectivity index is 3.00. The third-order valence-electron chi connectivity index (χ3n) is 6.27. The lowest BCUT2D eigenvalue weighted by Crippen LogP contribution is -2.13. The molecule has 0 atom stereocenters. The van der Waals surface area contributed by atoms with Gasteiger partial charge in [0.25, 0.3) is 0 Å². The minimum absolute atomic E-state index is 0.608. The Kier molecular flexibility index (Phi) is 33.6. The highest BCUT2D eigenvalue weighted by atomic mass is 16.6. The van der Waals surface area contributed by atoms with Crippen molar-refractivity contribution in [3.8, 4) is 0 Å². The molecule has 35 heavy (non-hydrogen) atoms. The summed E-state index contributed by atoms with van der Waals surface area (Å²) in [5.41, 5.74) is 0. The van der Waals surface area contributed by atoms with E-state index < -0.39 is 0 Å². The first-order valence-corrected chi connectivity index (χ1v) is 15.3. The zero-order chi connectivity index (χ0) is 25.3. The molecule has 0 saturated carbocycles. The first-order valence-electron chi connectivity index (χ1n) is 15.3. The van der Waals surface area contributed by atoms with Gasteiger partial charge in [0, 0.05) is 13.2 Å². The van der Waals surface area contributed by atoms with E-state index in [2.05, 4.69) is 13.8 Å². The smallest absolute Gasteiger partial charge is 0.0701 e. The summed E-state index contributed by atoms with van der Waals surface area (Å²) in [6.07, 6.45) is 24.3. The van der Waals surface area contributed by atoms with Gasteiger partial charge in [-0.25, -0.2) is 0 Å². The molecule has 212 valence electrons. The molecule has 0 radical (unpaired) electrons. The van der Waals surface area contributed by atoms with Crippen LogP contribution in [0.25, 0.3) is 0 Å². The van der Waals surface area contributed by atoms with Crippen LogP contribution in [0.4, 0.5) is 0 Å². The van der Waals surface area contributed by atoms with Crippen molar-refractivity contribution in [2.75, 3.05) is 66.1 Å². The maximum atomic E-state index is 5.65. The molecule has 0 aliphatic rings. The van der Waals surface area contributed by atoms with E-state index in [4.69, 9.17) is 23.7 Å². The fourth-order valence-corrected chi connectivity index (χ4v) is 4.01. The standard InChI is InChI=1S/C30H62O5/c1-3-5-7-9-11-13-14-16-18-20-22-32-24-26-34-28-30-35-29-27-33-25-23-31-21-19-17-15-12-10-8-6-4-2/h3-30H2,1-2H3. The minimum atomic E-state index is 0.608. The molecule has 0 heterocycles. The van der Waals surface area contributed by atoms with Gasteiger partial charge in [0.05, 0.1) is 52.9 Å². The second-order valence-electron chi connectivity index (χ2n) is 9.72. The van der Waals surface area contributed by atoms with Crippen LogP contribution in [-0.2, 0) is 23.7 Å². The number of ether oxygens (including phenoxy) is 5. The lowest BCUT2D eigenvalue weighted by Gasteiger charge is -2.08. The summed E-state index contributed by atoms with van der Waals surface area (Å²) in [4.78, 5) is 0. The fourth-order valence-electron chi connectivity index (χ4n) is 4.01. The summed E-state index contributed by atoms with van der Waals surface area (Å²) in [5, 5.41) is 0. The quantitative estimate of drug-likeness (QED) is 0.0869. The third-order valence-corrected chi connectivity index (χ3v) is 6.27. The zero-order valence-electron chi connectivity index (χ0n) is 23.8. The largest absolute Gasteiger partial charge is 0.379 e. The monoisotopic (exact) mass is 502 g/mol. The van der Waals surface area contributed by atoms with Crippen LogP contribution < -0.4 is 0 Å². The van der Waals surface area contributed by atoms with E-state index in [1.807, 2.05) is 0 Å². The van der Waals surface area contributed by atoms with Crippen molar-refractivity contribution in [2.45, 2.75) is 129 Å². The molecule has 0 saturated heterocycles. The van der Waals surface area contributed by atoms with Crippen LogP contribution in [0.15, 0.2) is 0 Å². The topological polar surface area (TPSA) is 46.2 Å². The minimum Gasteiger partial charge on any atom is -0.379 e. The summed E-state index contributed by atoms with van der Waals surface area (Å²) in [7, 11) is 0. The summed E-state index contributed by atoms with van der Waals surface area (Å²) in [6, 6.07) is 0. The van der Waals surface area contributed by atoms with Crippen molar-refractivity contribution in [3.63, 3.8) is 0 Å². The summed E-state index contributed by atoms with van der Waals surface area (Å²) in [5.74, 6) is 0. The Bertz CT molecular complexity index is 322. The first kappa shape index (κ1) is 34.8. The van der Waals surface area contributed by atoms with E-state index in [1.165, 1.54) is 116 Å². The van der Waals surface area contributed by atoms with Gasteiger partial charge in [-0.05, 0) is 12.8 Å². The van der Waals surface area contributed by atoms with E-state index in [0.29, 0.717) is 52.9 Å². The first-order chi connectivity index (χ1) is 17.4. The van der Waals surface area contributed by atoms with E-state index in [9.17, 15) is 0 Å². The molecule has 0 aliphatic heterocycles. The van der Waals surface area contributed by atoms with Gasteiger partial charge in [-0.2, -0.15) is 0 Å². The van der Waals surface area contributed by atoms with Gasteiger partial charge < -0.3 is 23.7 Å². The van der Waals surface area contributed by atoms with E-state index >= 15 is 0 Å². The zero-order valence-corrected chi connectivity index (χ0v) is 23.8. The van der Waals surface area contributed by atoms with Gasteiger partial charge in [0.2, 0.25) is 0 Å². The van der Waals surface area contributed by atoms with Crippen LogP contribution >= 0.6 is 0 Å². The molecular formula is C30H62O5. The predicted octanol–water partition coefficient (Wildman–Crippen LogP) is 8.13. The Morgan fingerprint density at radius 3 is 0.686 bits per heavy atom. The number of hydrogen-bond donors (Lipinski definition) is 0. The Morgan fingerprint density at radius 1 is 0.229 bits per heavy atom. The molecule has 5 nitrogen and oxygen atoms in total. The number of rotatable bonds is 32. The van der Waals surface area contributed by atoms with Gasteiger partial charge in [-0.1, -0.05) is 117 Å². The molecule has 0 aliphatic carbocycles. The van der Waals surface area contributed by atoms with Crippen molar-refractivity contribution in [1.82, 2.24) is 0 Å². The molecule has 0 spiro atoms. The van der Waals surface area contributed by atoms with E-state index in [0.717, 1.165) is 13.2 Å². The average molecular weight is 503 g/mol. The van der Waals surface area contributed by atoms with Crippen molar-refractivity contribution < 1.29 is 23.7 Å². The van der Waals surface area contributed by atoms with Crippen LogP contribution in [0.2, 0.25) is 0 Å². The molecule has 5 heteroatoms. The maximum Gasteiger partial charge on any atom is 0.0701 e. The number of unbranched alkanes of at least 4 members (excludes halogenated alkanes) is 16. The van der Waals surface area contributed by atoms with E-state index in [-0.39, 0.29) is 0 Å². The second-order valence-corrected chi connectivity index (χ2v) is 9.72. The molecule has 0 N–H and O–H groups in total. The fraction of sp³-hybridized carbons (Fsp3) is 1.00. The highest BCUT2D eigenvalue weighted by Gasteiger charge is 1.96. The molecule has 0 rings (SSSR count). The highest BCUT2D eigenvalue weighted by Crippen LogP contribution is 2.10. The molecule has 0 aromatic rings. The molecule has 0 aromatic carbocycles. The number of hydrogen-bond acceptors (Lipinski definition) is 5. The SMILES string of the molecule is CCCCCCCCCCCCOCCOCCOCCOCCOCCCCCCCCCC. The van der Waals surface area contributed by atoms with Crippen molar-refractivity contribution >= 4 is 0 Å². The van der Waals surface area contributed by atoms with Crippen LogP contribution in [-0.4, -0.2) is 66.1 Å². The van der Waals surface area contributed by atoms with Crippen LogP contribution in [0, 0.1) is 0 Å². The van der Waals surface area contributed by atoms with E-state index in [1.54, 1.807) is 0 Å². The second kappa shape index (κ2) is 33.8. The van der Waals surface area contributed by atoms with Crippen LogP contribution in [0.3, 0.4) is 0 Å². The predicted molar refractivity (Wildman–Crippen MR) is 149 cm³/mol. The van der Waals surface area contributed by atoms with Gasteiger partial charge >= 0.3 is 0 Å². The molecule has 0 amide bonds.